The van der Waals surface area contributed by atoms with E-state index in [0.29, 0.717) is 10.6 Å². The minimum atomic E-state index is -0.407. The van der Waals surface area contributed by atoms with Gasteiger partial charge in [-0.1, -0.05) is 0 Å². The molecule has 2 aromatic rings. The first-order chi connectivity index (χ1) is 10.2. The number of hydrazone groups is 1. The van der Waals surface area contributed by atoms with Crippen LogP contribution in [0.4, 0.5) is 5.82 Å². The summed E-state index contributed by atoms with van der Waals surface area (Å²) < 4.78 is 5.06. The van der Waals surface area contributed by atoms with Crippen molar-refractivity contribution < 1.29 is 9.53 Å². The molecule has 1 heterocycles. The van der Waals surface area contributed by atoms with Crippen molar-refractivity contribution in [2.75, 3.05) is 19.1 Å². The van der Waals surface area contributed by atoms with E-state index < -0.39 is 5.91 Å². The quantitative estimate of drug-likeness (QED) is 0.441. The van der Waals surface area contributed by atoms with Crippen LogP contribution in [0.25, 0.3) is 0 Å². The van der Waals surface area contributed by atoms with Gasteiger partial charge < -0.3 is 10.5 Å². The average Bonchev–Trinajstić information content (AvgIpc) is 2.89. The van der Waals surface area contributed by atoms with Crippen LogP contribution >= 0.6 is 11.8 Å². The van der Waals surface area contributed by atoms with Gasteiger partial charge in [-0.25, -0.2) is 5.43 Å². The number of amides is 1. The van der Waals surface area contributed by atoms with Gasteiger partial charge >= 0.3 is 0 Å². The summed E-state index contributed by atoms with van der Waals surface area (Å²) in [7, 11) is 1.60. The summed E-state index contributed by atoms with van der Waals surface area (Å²) in [6.07, 6.45) is 3.35. The molecule has 0 saturated carbocycles. The Morgan fingerprint density at radius 3 is 2.81 bits per heavy atom. The number of carbonyl (C=O) groups excluding carboxylic acids is 1. The van der Waals surface area contributed by atoms with Crippen LogP contribution in [0.3, 0.4) is 0 Å². The smallest absolute Gasteiger partial charge is 0.277 e. The van der Waals surface area contributed by atoms with E-state index in [4.69, 9.17) is 10.5 Å². The highest BCUT2D eigenvalue weighted by atomic mass is 32.2. The summed E-state index contributed by atoms with van der Waals surface area (Å²) in [5, 5.41) is 10.9. The van der Waals surface area contributed by atoms with E-state index in [2.05, 4.69) is 20.7 Å². The van der Waals surface area contributed by atoms with Gasteiger partial charge in [-0.15, -0.1) is 11.8 Å². The van der Waals surface area contributed by atoms with Gasteiger partial charge in [0.05, 0.1) is 13.3 Å². The van der Waals surface area contributed by atoms with E-state index in [-0.39, 0.29) is 5.82 Å². The zero-order valence-corrected chi connectivity index (χ0v) is 12.4. The normalized spacial score (nSPS) is 10.8. The SMILES string of the molecule is COc1ccc(/C=N/NC(=O)c2c(SC)n[nH]c2N)cc1. The monoisotopic (exact) mass is 305 g/mol. The van der Waals surface area contributed by atoms with E-state index >= 15 is 0 Å². The number of benzene rings is 1. The van der Waals surface area contributed by atoms with E-state index in [9.17, 15) is 4.79 Å². The Hall–Kier alpha value is -2.48. The number of methoxy groups -OCH3 is 1. The first-order valence-corrected chi connectivity index (χ1v) is 7.23. The molecule has 0 atom stereocenters. The minimum Gasteiger partial charge on any atom is -0.497 e. The van der Waals surface area contributed by atoms with Gasteiger partial charge in [-0.05, 0) is 36.1 Å². The molecule has 0 aliphatic carbocycles. The number of thioether (sulfide) groups is 1. The van der Waals surface area contributed by atoms with Crippen LogP contribution in [0.15, 0.2) is 34.4 Å². The summed E-state index contributed by atoms with van der Waals surface area (Å²) in [4.78, 5) is 12.0. The number of anilines is 1. The molecule has 0 aliphatic rings. The number of rotatable bonds is 5. The maximum absolute atomic E-state index is 12.0. The van der Waals surface area contributed by atoms with Crippen molar-refractivity contribution in [3.63, 3.8) is 0 Å². The van der Waals surface area contributed by atoms with Crippen molar-refractivity contribution in [3.05, 3.63) is 35.4 Å². The van der Waals surface area contributed by atoms with E-state index in [1.807, 2.05) is 30.5 Å². The maximum Gasteiger partial charge on any atom is 0.277 e. The summed E-state index contributed by atoms with van der Waals surface area (Å²) in [6, 6.07) is 7.27. The van der Waals surface area contributed by atoms with Gasteiger partial charge in [0.25, 0.3) is 5.91 Å². The first kappa shape index (κ1) is 14.9. The molecule has 110 valence electrons. The molecule has 1 amide bonds. The summed E-state index contributed by atoms with van der Waals surface area (Å²) >= 11 is 1.33. The van der Waals surface area contributed by atoms with Gasteiger partial charge in [-0.2, -0.15) is 10.2 Å². The first-order valence-electron chi connectivity index (χ1n) is 6.01. The van der Waals surface area contributed by atoms with Gasteiger partial charge in [0.1, 0.15) is 22.2 Å². The van der Waals surface area contributed by atoms with Crippen LogP contribution in [0.1, 0.15) is 15.9 Å². The molecule has 0 bridgehead atoms. The predicted molar refractivity (Wildman–Crippen MR) is 82.8 cm³/mol. The van der Waals surface area contributed by atoms with Crippen LogP contribution in [-0.4, -0.2) is 35.7 Å². The fourth-order valence-electron chi connectivity index (χ4n) is 1.62. The number of H-pyrrole nitrogens is 1. The molecule has 0 radical (unpaired) electrons. The number of aromatic amines is 1. The number of ether oxygens (including phenoxy) is 1. The Morgan fingerprint density at radius 2 is 2.19 bits per heavy atom. The number of hydrogen-bond donors (Lipinski definition) is 3. The second kappa shape index (κ2) is 6.80. The number of nitrogen functional groups attached to an aromatic ring is 1. The number of nitrogens with one attached hydrogen (secondary N) is 2. The van der Waals surface area contributed by atoms with Gasteiger partial charge in [0.2, 0.25) is 0 Å². The number of nitrogens with two attached hydrogens (primary N) is 1. The molecule has 21 heavy (non-hydrogen) atoms. The Kier molecular flexibility index (Phi) is 4.83. The fourth-order valence-corrected chi connectivity index (χ4v) is 2.16. The van der Waals surface area contributed by atoms with E-state index in [0.717, 1.165) is 11.3 Å². The lowest BCUT2D eigenvalue weighted by Crippen LogP contribution is -2.19. The maximum atomic E-state index is 12.0. The highest BCUT2D eigenvalue weighted by Gasteiger charge is 2.17. The molecule has 4 N–H and O–H groups in total. The predicted octanol–water partition coefficient (Wildman–Crippen LogP) is 1.49. The second-order valence-corrected chi connectivity index (χ2v) is 4.79. The van der Waals surface area contributed by atoms with Crippen molar-refractivity contribution in [1.82, 2.24) is 15.6 Å². The second-order valence-electron chi connectivity index (χ2n) is 3.99. The molecule has 2 rings (SSSR count). The Bertz CT molecular complexity index is 651. The topological polar surface area (TPSA) is 105 Å². The molecule has 1 aromatic heterocycles. The van der Waals surface area contributed by atoms with E-state index in [1.165, 1.54) is 18.0 Å². The zero-order chi connectivity index (χ0) is 15.2. The molecule has 0 spiro atoms. The molecule has 7 nitrogen and oxygen atoms in total. The molecular formula is C13H15N5O2S. The number of nitrogens with zero attached hydrogens (tertiary/aromatic N) is 2. The van der Waals surface area contributed by atoms with Crippen molar-refractivity contribution in [2.45, 2.75) is 5.03 Å². The lowest BCUT2D eigenvalue weighted by atomic mass is 10.2. The lowest BCUT2D eigenvalue weighted by molar-refractivity contribution is 0.0953. The third-order valence-corrected chi connectivity index (χ3v) is 3.36. The standard InChI is InChI=1S/C13H15N5O2S/c1-20-9-5-3-8(4-6-9)7-15-17-12(19)10-11(14)16-18-13(10)21-2/h3-7H,1-2H3,(H,17,19)(H3,14,16,18)/b15-7+. The van der Waals surface area contributed by atoms with Crippen LogP contribution in [0, 0.1) is 0 Å². The minimum absolute atomic E-state index is 0.219. The molecule has 0 fully saturated rings. The van der Waals surface area contributed by atoms with Crippen molar-refractivity contribution in [1.29, 1.82) is 0 Å². The summed E-state index contributed by atoms with van der Waals surface area (Å²) in [6.45, 7) is 0. The van der Waals surface area contributed by atoms with Crippen LogP contribution in [0.5, 0.6) is 5.75 Å². The van der Waals surface area contributed by atoms with Crippen molar-refractivity contribution in [3.8, 4) is 5.75 Å². The number of carbonyl (C=O) groups is 1. The fraction of sp³-hybridized carbons (Fsp3) is 0.154. The Morgan fingerprint density at radius 1 is 1.48 bits per heavy atom. The molecular weight excluding hydrogens is 290 g/mol. The van der Waals surface area contributed by atoms with Gasteiger partial charge in [-0.3, -0.25) is 9.89 Å². The van der Waals surface area contributed by atoms with Gasteiger partial charge in [0.15, 0.2) is 0 Å². The molecule has 1 aromatic carbocycles. The third-order valence-electron chi connectivity index (χ3n) is 2.68. The zero-order valence-electron chi connectivity index (χ0n) is 11.6. The highest BCUT2D eigenvalue weighted by molar-refractivity contribution is 7.98. The Labute approximate surface area is 125 Å². The summed E-state index contributed by atoms with van der Waals surface area (Å²) in [5.41, 5.74) is 9.23. The highest BCUT2D eigenvalue weighted by Crippen LogP contribution is 2.21. The van der Waals surface area contributed by atoms with Crippen molar-refractivity contribution in [2.24, 2.45) is 5.10 Å². The lowest BCUT2D eigenvalue weighted by Gasteiger charge is -2.01. The molecule has 8 heteroatoms. The van der Waals surface area contributed by atoms with E-state index in [1.54, 1.807) is 7.11 Å². The Balaban J connectivity index is 2.02. The van der Waals surface area contributed by atoms with Crippen LogP contribution < -0.4 is 15.9 Å². The summed E-state index contributed by atoms with van der Waals surface area (Å²) in [5.74, 6) is 0.568. The number of hydrogen-bond acceptors (Lipinski definition) is 6. The van der Waals surface area contributed by atoms with Crippen LogP contribution in [0.2, 0.25) is 0 Å². The van der Waals surface area contributed by atoms with Gasteiger partial charge in [0, 0.05) is 0 Å². The largest absolute Gasteiger partial charge is 0.497 e. The molecule has 0 saturated heterocycles. The van der Waals surface area contributed by atoms with Crippen LogP contribution in [-0.2, 0) is 0 Å². The number of aromatic nitrogens is 2. The molecule has 0 aliphatic heterocycles. The van der Waals surface area contributed by atoms with Crippen molar-refractivity contribution >= 4 is 29.7 Å². The third kappa shape index (κ3) is 3.54. The molecule has 0 unspecified atom stereocenters. The average molecular weight is 305 g/mol.